The van der Waals surface area contributed by atoms with Crippen LogP contribution in [0.15, 0.2) is 41.8 Å². The number of rotatable bonds is 7. The molecule has 4 heterocycles. The van der Waals surface area contributed by atoms with Gasteiger partial charge in [-0.25, -0.2) is 9.50 Å². The molecule has 0 radical (unpaired) electrons. The van der Waals surface area contributed by atoms with Crippen molar-refractivity contribution < 1.29 is 14.4 Å². The summed E-state index contributed by atoms with van der Waals surface area (Å²) >= 11 is 1.46. The Balaban J connectivity index is 1.23. The number of piperidine rings is 1. The summed E-state index contributed by atoms with van der Waals surface area (Å²) in [5.74, 6) is -0.343. The molecule has 1 aliphatic rings. The normalized spacial score (nSPS) is 14.9. The summed E-state index contributed by atoms with van der Waals surface area (Å²) in [4.78, 5) is 47.5. The lowest BCUT2D eigenvalue weighted by Gasteiger charge is -2.31. The number of aromatic nitrogens is 5. The van der Waals surface area contributed by atoms with E-state index in [0.29, 0.717) is 47.9 Å². The highest BCUT2D eigenvalue weighted by atomic mass is 32.1. The van der Waals surface area contributed by atoms with Gasteiger partial charge in [-0.05, 0) is 40.5 Å². The number of benzene rings is 1. The highest BCUT2D eigenvalue weighted by Gasteiger charge is 2.31. The fourth-order valence-electron chi connectivity index (χ4n) is 5.05. The third-order valence-corrected chi connectivity index (χ3v) is 8.31. The number of Topliss-reactive ketones (excluding diaryl/α,β-unsaturated/α-hetero) is 1. The molecule has 0 bridgehead atoms. The Kier molecular flexibility index (Phi) is 7.51. The van der Waals surface area contributed by atoms with Gasteiger partial charge in [-0.2, -0.15) is 5.10 Å². The number of likely N-dealkylation sites (N-methyl/N-ethyl adjacent to an activating group) is 1. The highest BCUT2D eigenvalue weighted by molar-refractivity contribution is 7.09. The zero-order valence-electron chi connectivity index (χ0n) is 22.5. The minimum absolute atomic E-state index is 0.0972. The second-order valence-corrected chi connectivity index (χ2v) is 10.7. The predicted molar refractivity (Wildman–Crippen MR) is 147 cm³/mol. The van der Waals surface area contributed by atoms with Gasteiger partial charge in [-0.15, -0.1) is 21.5 Å². The summed E-state index contributed by atoms with van der Waals surface area (Å²) < 4.78 is 1.66. The molecule has 1 atom stereocenters. The molecule has 2 amide bonds. The zero-order chi connectivity index (χ0) is 27.7. The van der Waals surface area contributed by atoms with E-state index in [4.69, 9.17) is 0 Å². The van der Waals surface area contributed by atoms with Gasteiger partial charge < -0.3 is 9.80 Å². The van der Waals surface area contributed by atoms with E-state index >= 15 is 0 Å². The molecule has 4 aromatic rings. The van der Waals surface area contributed by atoms with Gasteiger partial charge in [0.2, 0.25) is 0 Å². The van der Waals surface area contributed by atoms with E-state index in [1.165, 1.54) is 11.3 Å². The molecule has 0 N–H and O–H groups in total. The van der Waals surface area contributed by atoms with Crippen LogP contribution in [0.25, 0.3) is 5.65 Å². The number of aryl methyl sites for hydroxylation is 2. The van der Waals surface area contributed by atoms with Crippen LogP contribution >= 0.6 is 11.3 Å². The van der Waals surface area contributed by atoms with E-state index in [9.17, 15) is 14.4 Å². The average Bonchev–Trinajstić information content (AvgIpc) is 3.60. The SMILES string of the molecule is CCN(C(=O)c1csc(C2CCN(C(=O)c3nnc4cc(C)nn4c3C)CC2)n1)C(C)C(=O)c1ccccc1. The first-order chi connectivity index (χ1) is 18.8. The number of carbonyl (C=O) groups excluding carboxylic acids is 3. The number of amides is 2. The lowest BCUT2D eigenvalue weighted by molar-refractivity contribution is 0.0633. The summed E-state index contributed by atoms with van der Waals surface area (Å²) in [5, 5.41) is 15.4. The first-order valence-electron chi connectivity index (χ1n) is 13.1. The van der Waals surface area contributed by atoms with Crippen LogP contribution in [-0.4, -0.2) is 77.9 Å². The fourth-order valence-corrected chi connectivity index (χ4v) is 6.02. The van der Waals surface area contributed by atoms with Crippen LogP contribution in [0.1, 0.15) is 80.3 Å². The summed E-state index contributed by atoms with van der Waals surface area (Å²) in [6.45, 7) is 8.86. The first kappa shape index (κ1) is 26.6. The van der Waals surface area contributed by atoms with E-state index in [-0.39, 0.29) is 23.5 Å². The summed E-state index contributed by atoms with van der Waals surface area (Å²) in [7, 11) is 0. The smallest absolute Gasteiger partial charge is 0.276 e. The molecule has 0 spiro atoms. The molecule has 1 aliphatic heterocycles. The van der Waals surface area contributed by atoms with Crippen molar-refractivity contribution in [2.24, 2.45) is 0 Å². The Bertz CT molecular complexity index is 1520. The molecule has 39 heavy (non-hydrogen) atoms. The van der Waals surface area contributed by atoms with Crippen LogP contribution in [0.5, 0.6) is 0 Å². The van der Waals surface area contributed by atoms with E-state index in [0.717, 1.165) is 23.5 Å². The Morgan fingerprint density at radius 2 is 1.82 bits per heavy atom. The number of nitrogens with zero attached hydrogens (tertiary/aromatic N) is 7. The maximum absolute atomic E-state index is 13.3. The van der Waals surface area contributed by atoms with Crippen molar-refractivity contribution in [1.29, 1.82) is 0 Å². The van der Waals surface area contributed by atoms with Crippen molar-refractivity contribution in [3.8, 4) is 0 Å². The second kappa shape index (κ2) is 11.0. The largest absolute Gasteiger partial charge is 0.337 e. The van der Waals surface area contributed by atoms with Gasteiger partial charge in [0.25, 0.3) is 11.8 Å². The van der Waals surface area contributed by atoms with Crippen molar-refractivity contribution in [3.05, 3.63) is 75.1 Å². The van der Waals surface area contributed by atoms with Crippen LogP contribution in [0, 0.1) is 13.8 Å². The van der Waals surface area contributed by atoms with Crippen LogP contribution in [0.2, 0.25) is 0 Å². The topological polar surface area (TPSA) is 114 Å². The van der Waals surface area contributed by atoms with Gasteiger partial charge in [0.05, 0.1) is 22.4 Å². The molecular formula is C28H31N7O3S. The standard InChI is InChI=1S/C28H31N7O3S/c1-5-34(19(4)25(36)20-9-7-6-8-10-20)27(37)22-16-39-26(29-22)21-11-13-33(14-12-21)28(38)24-18(3)35-23(30-31-24)15-17(2)32-35/h6-10,15-16,19,21H,5,11-14H2,1-4H3. The van der Waals surface area contributed by atoms with E-state index < -0.39 is 6.04 Å². The second-order valence-electron chi connectivity index (χ2n) is 9.82. The van der Waals surface area contributed by atoms with Crippen LogP contribution < -0.4 is 0 Å². The molecule has 11 heteroatoms. The van der Waals surface area contributed by atoms with Gasteiger partial charge in [0.15, 0.2) is 17.1 Å². The van der Waals surface area contributed by atoms with Gasteiger partial charge in [-0.1, -0.05) is 30.3 Å². The number of carbonyl (C=O) groups is 3. The molecule has 0 saturated carbocycles. The number of fused-ring (bicyclic) bond motifs is 1. The maximum atomic E-state index is 13.3. The summed E-state index contributed by atoms with van der Waals surface area (Å²) in [6, 6.07) is 10.2. The summed E-state index contributed by atoms with van der Waals surface area (Å²) in [6.07, 6.45) is 1.48. The zero-order valence-corrected chi connectivity index (χ0v) is 23.3. The highest BCUT2D eigenvalue weighted by Crippen LogP contribution is 2.31. The molecule has 1 unspecified atom stereocenters. The number of likely N-dealkylation sites (tertiary alicyclic amines) is 1. The number of hydrogen-bond donors (Lipinski definition) is 0. The van der Waals surface area contributed by atoms with Crippen molar-refractivity contribution in [2.45, 2.75) is 52.5 Å². The number of hydrogen-bond acceptors (Lipinski definition) is 8. The lowest BCUT2D eigenvalue weighted by atomic mass is 9.97. The van der Waals surface area contributed by atoms with Crippen molar-refractivity contribution in [2.75, 3.05) is 19.6 Å². The molecule has 1 saturated heterocycles. The minimum Gasteiger partial charge on any atom is -0.337 e. The van der Waals surface area contributed by atoms with Crippen molar-refractivity contribution in [1.82, 2.24) is 34.6 Å². The molecule has 1 fully saturated rings. The third kappa shape index (κ3) is 5.18. The van der Waals surface area contributed by atoms with E-state index in [1.807, 2.05) is 45.0 Å². The van der Waals surface area contributed by atoms with E-state index in [2.05, 4.69) is 20.3 Å². The Labute approximate surface area is 230 Å². The molecule has 10 nitrogen and oxygen atoms in total. The molecular weight excluding hydrogens is 514 g/mol. The van der Waals surface area contributed by atoms with Gasteiger partial charge in [0.1, 0.15) is 5.69 Å². The molecule has 1 aromatic carbocycles. The Morgan fingerprint density at radius 3 is 2.51 bits per heavy atom. The third-order valence-electron chi connectivity index (χ3n) is 7.31. The fraction of sp³-hybridized carbons (Fsp3) is 0.393. The molecule has 202 valence electrons. The van der Waals surface area contributed by atoms with Crippen molar-refractivity contribution >= 4 is 34.6 Å². The quantitative estimate of drug-likeness (QED) is 0.323. The monoisotopic (exact) mass is 545 g/mol. The Morgan fingerprint density at radius 1 is 1.10 bits per heavy atom. The Hall–Kier alpha value is -3.99. The number of thiazole rings is 1. The van der Waals surface area contributed by atoms with Crippen molar-refractivity contribution in [3.63, 3.8) is 0 Å². The molecule has 5 rings (SSSR count). The maximum Gasteiger partial charge on any atom is 0.276 e. The average molecular weight is 546 g/mol. The van der Waals surface area contributed by atoms with Gasteiger partial charge >= 0.3 is 0 Å². The first-order valence-corrected chi connectivity index (χ1v) is 14.0. The minimum atomic E-state index is -0.597. The molecule has 0 aliphatic carbocycles. The van der Waals surface area contributed by atoms with E-state index in [1.54, 1.807) is 38.8 Å². The van der Waals surface area contributed by atoms with Crippen LogP contribution in [0.4, 0.5) is 0 Å². The number of ketones is 1. The predicted octanol–water partition coefficient (Wildman–Crippen LogP) is 3.95. The summed E-state index contributed by atoms with van der Waals surface area (Å²) in [5.41, 5.74) is 3.36. The lowest BCUT2D eigenvalue weighted by Crippen LogP contribution is -2.43. The molecule has 3 aromatic heterocycles. The van der Waals surface area contributed by atoms with Gasteiger partial charge in [0, 0.05) is 42.6 Å². The van der Waals surface area contributed by atoms with Crippen LogP contribution in [-0.2, 0) is 0 Å². The van der Waals surface area contributed by atoms with Crippen LogP contribution in [0.3, 0.4) is 0 Å². The van der Waals surface area contributed by atoms with Gasteiger partial charge in [-0.3, -0.25) is 14.4 Å².